The Morgan fingerprint density at radius 2 is 1.97 bits per heavy atom. The van der Waals surface area contributed by atoms with Crippen LogP contribution in [-0.4, -0.2) is 38.6 Å². The van der Waals surface area contributed by atoms with Crippen LogP contribution in [0.4, 0.5) is 23.7 Å². The molecule has 3 aromatic heterocycles. The van der Waals surface area contributed by atoms with Crippen LogP contribution in [0.2, 0.25) is 0 Å². The van der Waals surface area contributed by atoms with E-state index < -0.39 is 11.7 Å². The van der Waals surface area contributed by atoms with Crippen LogP contribution in [0, 0.1) is 0 Å². The Hall–Kier alpha value is -3.82. The number of imidazole rings is 1. The molecule has 2 amide bonds. The molecule has 4 heterocycles. The second kappa shape index (κ2) is 7.70. The number of urea groups is 1. The topological polar surface area (TPSA) is 76.2 Å². The molecule has 1 aliphatic rings. The number of amides is 2. The highest BCUT2D eigenvalue weighted by molar-refractivity contribution is 5.89. The largest absolute Gasteiger partial charge is 0.472 e. The molecule has 1 unspecified atom stereocenters. The number of carbonyl (C=O) groups is 1. The van der Waals surface area contributed by atoms with Crippen molar-refractivity contribution in [1.82, 2.24) is 19.4 Å². The molecule has 1 aliphatic heterocycles. The number of halogens is 3. The SMILES string of the molecule is O=C(Nc1ccc(C(F)(F)F)cc1)N1CCC(n2c(-c3ccoc3)nc3cccnc32)C1. The van der Waals surface area contributed by atoms with Gasteiger partial charge in [-0.15, -0.1) is 0 Å². The van der Waals surface area contributed by atoms with Crippen molar-refractivity contribution in [2.75, 3.05) is 18.4 Å². The highest BCUT2D eigenvalue weighted by Gasteiger charge is 2.32. The molecule has 1 saturated heterocycles. The van der Waals surface area contributed by atoms with Gasteiger partial charge >= 0.3 is 12.2 Å². The van der Waals surface area contributed by atoms with Crippen LogP contribution in [0.1, 0.15) is 18.0 Å². The minimum absolute atomic E-state index is 0.0573. The van der Waals surface area contributed by atoms with Crippen molar-refractivity contribution in [2.45, 2.75) is 18.6 Å². The van der Waals surface area contributed by atoms with Crippen LogP contribution in [0.3, 0.4) is 0 Å². The zero-order valence-corrected chi connectivity index (χ0v) is 16.7. The van der Waals surface area contributed by atoms with Crippen molar-refractivity contribution in [1.29, 1.82) is 0 Å². The number of hydrogen-bond donors (Lipinski definition) is 1. The van der Waals surface area contributed by atoms with Crippen LogP contribution in [0.15, 0.2) is 65.6 Å². The van der Waals surface area contributed by atoms with Crippen molar-refractivity contribution >= 4 is 22.9 Å². The zero-order valence-electron chi connectivity index (χ0n) is 16.7. The van der Waals surface area contributed by atoms with E-state index in [-0.39, 0.29) is 12.1 Å². The summed E-state index contributed by atoms with van der Waals surface area (Å²) in [5, 5.41) is 2.67. The maximum absolute atomic E-state index is 12.7. The molecule has 1 fully saturated rings. The third kappa shape index (κ3) is 3.68. The van der Waals surface area contributed by atoms with Gasteiger partial charge in [0.15, 0.2) is 5.65 Å². The van der Waals surface area contributed by atoms with E-state index in [0.29, 0.717) is 31.0 Å². The summed E-state index contributed by atoms with van der Waals surface area (Å²) in [6, 6.07) is 9.49. The summed E-state index contributed by atoms with van der Waals surface area (Å²) in [5.41, 5.74) is 1.83. The van der Waals surface area contributed by atoms with E-state index in [0.717, 1.165) is 28.9 Å². The molecule has 10 heteroatoms. The fourth-order valence-electron chi connectivity index (χ4n) is 3.95. The third-order valence-electron chi connectivity index (χ3n) is 5.51. The molecular formula is C22H18F3N5O2. The van der Waals surface area contributed by atoms with Crippen molar-refractivity contribution < 1.29 is 22.4 Å². The second-order valence-corrected chi connectivity index (χ2v) is 7.56. The molecular weight excluding hydrogens is 423 g/mol. The summed E-state index contributed by atoms with van der Waals surface area (Å²) in [4.78, 5) is 23.5. The molecule has 7 nitrogen and oxygen atoms in total. The number of pyridine rings is 1. The Morgan fingerprint density at radius 3 is 2.69 bits per heavy atom. The van der Waals surface area contributed by atoms with E-state index in [1.54, 1.807) is 23.6 Å². The van der Waals surface area contributed by atoms with Crippen molar-refractivity contribution in [3.05, 3.63) is 66.8 Å². The molecule has 0 spiro atoms. The van der Waals surface area contributed by atoms with Gasteiger partial charge in [-0.25, -0.2) is 14.8 Å². The molecule has 32 heavy (non-hydrogen) atoms. The molecule has 0 saturated carbocycles. The number of alkyl halides is 3. The summed E-state index contributed by atoms with van der Waals surface area (Å²) in [6.45, 7) is 0.911. The van der Waals surface area contributed by atoms with Gasteiger partial charge in [0.1, 0.15) is 17.6 Å². The van der Waals surface area contributed by atoms with Gasteiger partial charge in [0, 0.05) is 25.0 Å². The van der Waals surface area contributed by atoms with Crippen molar-refractivity contribution in [2.24, 2.45) is 0 Å². The monoisotopic (exact) mass is 441 g/mol. The molecule has 5 rings (SSSR count). The van der Waals surface area contributed by atoms with Crippen molar-refractivity contribution in [3.8, 4) is 11.4 Å². The standard InChI is InChI=1S/C22H18F3N5O2/c23-22(24,25)15-3-5-16(6-4-15)27-21(31)29-10-7-17(12-29)30-19(14-8-11-32-13-14)28-18-2-1-9-26-20(18)30/h1-6,8-9,11,13,17H,7,10,12H2,(H,27,31). The predicted molar refractivity (Wildman–Crippen MR) is 111 cm³/mol. The van der Waals surface area contributed by atoms with E-state index in [1.807, 2.05) is 22.8 Å². The van der Waals surface area contributed by atoms with E-state index in [4.69, 9.17) is 9.40 Å². The van der Waals surface area contributed by atoms with Gasteiger partial charge in [-0.1, -0.05) is 0 Å². The Kier molecular flexibility index (Phi) is 4.84. The summed E-state index contributed by atoms with van der Waals surface area (Å²) >= 11 is 0. The number of likely N-dealkylation sites (tertiary alicyclic amines) is 1. The summed E-state index contributed by atoms with van der Waals surface area (Å²) < 4.78 is 45.4. The van der Waals surface area contributed by atoms with Crippen molar-refractivity contribution in [3.63, 3.8) is 0 Å². The van der Waals surface area contributed by atoms with E-state index >= 15 is 0 Å². The van der Waals surface area contributed by atoms with Crippen LogP contribution >= 0.6 is 0 Å². The summed E-state index contributed by atoms with van der Waals surface area (Å²) in [5.74, 6) is 0.711. The lowest BCUT2D eigenvalue weighted by Gasteiger charge is -2.19. The second-order valence-electron chi connectivity index (χ2n) is 7.56. The summed E-state index contributed by atoms with van der Waals surface area (Å²) in [7, 11) is 0. The molecule has 1 atom stereocenters. The molecule has 1 N–H and O–H groups in total. The quantitative estimate of drug-likeness (QED) is 0.475. The maximum atomic E-state index is 12.7. The molecule has 164 valence electrons. The lowest BCUT2D eigenvalue weighted by molar-refractivity contribution is -0.137. The smallest absolute Gasteiger partial charge is 0.416 e. The average Bonchev–Trinajstić information content (AvgIpc) is 3.51. The van der Waals surface area contributed by atoms with Gasteiger partial charge in [0.2, 0.25) is 0 Å². The number of furan rings is 1. The van der Waals surface area contributed by atoms with Crippen LogP contribution in [-0.2, 0) is 6.18 Å². The minimum Gasteiger partial charge on any atom is -0.472 e. The lowest BCUT2D eigenvalue weighted by atomic mass is 10.2. The van der Waals surface area contributed by atoms with Crippen LogP contribution in [0.5, 0.6) is 0 Å². The Balaban J connectivity index is 1.35. The van der Waals surface area contributed by atoms with Crippen LogP contribution in [0.25, 0.3) is 22.6 Å². The first-order valence-corrected chi connectivity index (χ1v) is 9.99. The fraction of sp³-hybridized carbons (Fsp3) is 0.227. The fourth-order valence-corrected chi connectivity index (χ4v) is 3.95. The molecule has 4 aromatic rings. The number of aromatic nitrogens is 3. The normalized spacial score (nSPS) is 16.6. The maximum Gasteiger partial charge on any atom is 0.416 e. The van der Waals surface area contributed by atoms with Gasteiger partial charge in [0.05, 0.1) is 23.4 Å². The summed E-state index contributed by atoms with van der Waals surface area (Å²) in [6.07, 6.45) is 1.16. The van der Waals surface area contributed by atoms with E-state index in [9.17, 15) is 18.0 Å². The number of nitrogens with one attached hydrogen (secondary N) is 1. The number of benzene rings is 1. The Labute approximate surface area is 180 Å². The van der Waals surface area contributed by atoms with Gasteiger partial charge in [0.25, 0.3) is 0 Å². The lowest BCUT2D eigenvalue weighted by Crippen LogP contribution is -2.33. The molecule has 0 bridgehead atoms. The number of rotatable bonds is 3. The van der Waals surface area contributed by atoms with E-state index in [1.165, 1.54) is 12.1 Å². The van der Waals surface area contributed by atoms with Gasteiger partial charge < -0.3 is 19.2 Å². The first-order valence-electron chi connectivity index (χ1n) is 9.99. The minimum atomic E-state index is -4.42. The average molecular weight is 441 g/mol. The molecule has 0 radical (unpaired) electrons. The number of fused-ring (bicyclic) bond motifs is 1. The highest BCUT2D eigenvalue weighted by atomic mass is 19.4. The number of anilines is 1. The molecule has 1 aromatic carbocycles. The first kappa shape index (κ1) is 20.1. The van der Waals surface area contributed by atoms with Gasteiger partial charge in [-0.2, -0.15) is 13.2 Å². The zero-order chi connectivity index (χ0) is 22.3. The number of hydrogen-bond acceptors (Lipinski definition) is 4. The van der Waals surface area contributed by atoms with Gasteiger partial charge in [-0.3, -0.25) is 0 Å². The highest BCUT2D eigenvalue weighted by Crippen LogP contribution is 2.33. The third-order valence-corrected chi connectivity index (χ3v) is 5.51. The van der Waals surface area contributed by atoms with E-state index in [2.05, 4.69) is 10.3 Å². The molecule has 0 aliphatic carbocycles. The number of carbonyl (C=O) groups excluding carboxylic acids is 1. The Morgan fingerprint density at radius 1 is 1.16 bits per heavy atom. The Bertz CT molecular complexity index is 1250. The first-order chi connectivity index (χ1) is 15.4. The number of nitrogens with zero attached hydrogens (tertiary/aromatic N) is 4. The van der Waals surface area contributed by atoms with Gasteiger partial charge in [-0.05, 0) is 48.9 Å². The van der Waals surface area contributed by atoms with Crippen LogP contribution < -0.4 is 5.32 Å². The predicted octanol–water partition coefficient (Wildman–Crippen LogP) is 5.19.